The van der Waals surface area contributed by atoms with Crippen LogP contribution >= 0.6 is 0 Å². The molecule has 1 aliphatic carbocycles. The Balaban J connectivity index is 1.81. The molecule has 3 rings (SSSR count). The van der Waals surface area contributed by atoms with E-state index in [4.69, 9.17) is 0 Å². The van der Waals surface area contributed by atoms with Crippen LogP contribution in [0, 0.1) is 5.41 Å². The summed E-state index contributed by atoms with van der Waals surface area (Å²) in [7, 11) is 0. The molecule has 0 aromatic carbocycles. The monoisotopic (exact) mass is 234 g/mol. The Hall–Kier alpha value is -1.76. The SMILES string of the molecule is CC1(C)C(O)CC1Nc1ccc2nnnn2n1. The first-order valence-electron chi connectivity index (χ1n) is 5.57. The quantitative estimate of drug-likeness (QED) is 0.765. The van der Waals surface area contributed by atoms with Crippen molar-refractivity contribution in [2.24, 2.45) is 5.41 Å². The Kier molecular flexibility index (Phi) is 2.06. The van der Waals surface area contributed by atoms with Crippen molar-refractivity contribution < 1.29 is 5.11 Å². The van der Waals surface area contributed by atoms with E-state index in [1.54, 1.807) is 6.07 Å². The van der Waals surface area contributed by atoms with E-state index >= 15 is 0 Å². The first kappa shape index (κ1) is 10.4. The lowest BCUT2D eigenvalue weighted by atomic mass is 9.64. The van der Waals surface area contributed by atoms with Gasteiger partial charge in [0.2, 0.25) is 0 Å². The number of nitrogens with zero attached hydrogens (tertiary/aromatic N) is 5. The molecule has 0 radical (unpaired) electrons. The van der Waals surface area contributed by atoms with Crippen LogP contribution in [0.4, 0.5) is 5.82 Å². The number of aliphatic hydroxyl groups excluding tert-OH is 1. The van der Waals surface area contributed by atoms with Crippen molar-refractivity contribution in [3.05, 3.63) is 12.1 Å². The lowest BCUT2D eigenvalue weighted by Crippen LogP contribution is -2.57. The van der Waals surface area contributed by atoms with E-state index in [2.05, 4.69) is 25.9 Å². The third kappa shape index (κ3) is 1.54. The highest BCUT2D eigenvalue weighted by atomic mass is 16.3. The minimum Gasteiger partial charge on any atom is -0.392 e. The Morgan fingerprint density at radius 3 is 3.00 bits per heavy atom. The Morgan fingerprint density at radius 1 is 1.47 bits per heavy atom. The lowest BCUT2D eigenvalue weighted by molar-refractivity contribution is -0.0511. The van der Waals surface area contributed by atoms with Crippen LogP contribution in [0.25, 0.3) is 5.65 Å². The number of rotatable bonds is 2. The Bertz CT molecular complexity index is 550. The summed E-state index contributed by atoms with van der Waals surface area (Å²) in [5.74, 6) is 0.717. The van der Waals surface area contributed by atoms with Gasteiger partial charge in [0, 0.05) is 11.5 Å². The van der Waals surface area contributed by atoms with Gasteiger partial charge in [0.1, 0.15) is 5.82 Å². The summed E-state index contributed by atoms with van der Waals surface area (Å²) in [6, 6.07) is 3.86. The van der Waals surface area contributed by atoms with E-state index in [9.17, 15) is 5.11 Å². The minimum atomic E-state index is -0.253. The summed E-state index contributed by atoms with van der Waals surface area (Å²) in [6.07, 6.45) is 0.485. The summed E-state index contributed by atoms with van der Waals surface area (Å²) in [5.41, 5.74) is 0.487. The number of aliphatic hydroxyl groups is 1. The molecule has 17 heavy (non-hydrogen) atoms. The molecule has 2 aromatic heterocycles. The molecule has 1 saturated carbocycles. The van der Waals surface area contributed by atoms with Crippen molar-refractivity contribution in [2.45, 2.75) is 32.4 Å². The molecular weight excluding hydrogens is 220 g/mol. The fraction of sp³-hybridized carbons (Fsp3) is 0.600. The van der Waals surface area contributed by atoms with Gasteiger partial charge in [0.05, 0.1) is 6.10 Å². The zero-order valence-electron chi connectivity index (χ0n) is 9.70. The van der Waals surface area contributed by atoms with Crippen molar-refractivity contribution in [1.82, 2.24) is 25.3 Å². The zero-order chi connectivity index (χ0) is 12.0. The van der Waals surface area contributed by atoms with Crippen molar-refractivity contribution >= 4 is 11.5 Å². The molecule has 1 fully saturated rings. The molecule has 2 N–H and O–H groups in total. The molecule has 0 bridgehead atoms. The highest BCUT2D eigenvalue weighted by Crippen LogP contribution is 2.41. The lowest BCUT2D eigenvalue weighted by Gasteiger charge is -2.49. The van der Waals surface area contributed by atoms with Gasteiger partial charge in [-0.25, -0.2) is 0 Å². The fourth-order valence-corrected chi connectivity index (χ4v) is 2.05. The number of nitrogens with one attached hydrogen (secondary N) is 1. The van der Waals surface area contributed by atoms with Gasteiger partial charge >= 0.3 is 0 Å². The molecule has 2 heterocycles. The summed E-state index contributed by atoms with van der Waals surface area (Å²) < 4.78 is 1.38. The van der Waals surface area contributed by atoms with Gasteiger partial charge in [0.15, 0.2) is 5.65 Å². The summed E-state index contributed by atoms with van der Waals surface area (Å²) in [6.45, 7) is 4.07. The van der Waals surface area contributed by atoms with Gasteiger partial charge in [-0.2, -0.15) is 0 Å². The predicted molar refractivity (Wildman–Crippen MR) is 60.4 cm³/mol. The van der Waals surface area contributed by atoms with Crippen molar-refractivity contribution in [2.75, 3.05) is 5.32 Å². The van der Waals surface area contributed by atoms with Crippen LogP contribution in [0.2, 0.25) is 0 Å². The number of hydrogen-bond acceptors (Lipinski definition) is 6. The standard InChI is InChI=1S/C10H14N6O/c1-10(2)6(5-7(10)17)11-8-3-4-9-12-14-15-16(9)13-8/h3-4,6-7,17H,5H2,1-2H3,(H,11,13). The molecule has 0 aliphatic heterocycles. The van der Waals surface area contributed by atoms with E-state index in [-0.39, 0.29) is 17.6 Å². The van der Waals surface area contributed by atoms with Gasteiger partial charge in [-0.3, -0.25) is 0 Å². The highest BCUT2D eigenvalue weighted by Gasteiger charge is 2.47. The van der Waals surface area contributed by atoms with E-state index in [1.165, 1.54) is 4.63 Å². The maximum Gasteiger partial charge on any atom is 0.200 e. The van der Waals surface area contributed by atoms with Crippen LogP contribution in [-0.2, 0) is 0 Å². The molecule has 0 amide bonds. The van der Waals surface area contributed by atoms with Gasteiger partial charge in [-0.15, -0.1) is 14.8 Å². The van der Waals surface area contributed by atoms with Crippen LogP contribution in [-0.4, -0.2) is 42.5 Å². The number of fused-ring (bicyclic) bond motifs is 1. The number of anilines is 1. The molecule has 90 valence electrons. The largest absolute Gasteiger partial charge is 0.392 e. The number of tetrazole rings is 1. The second kappa shape index (κ2) is 3.36. The maximum atomic E-state index is 9.66. The number of aromatic nitrogens is 5. The average molecular weight is 234 g/mol. The van der Waals surface area contributed by atoms with Gasteiger partial charge in [-0.05, 0) is 29.0 Å². The van der Waals surface area contributed by atoms with Gasteiger partial charge in [0.25, 0.3) is 0 Å². The second-order valence-electron chi connectivity index (χ2n) is 5.01. The van der Waals surface area contributed by atoms with E-state index in [1.807, 2.05) is 19.9 Å². The third-order valence-electron chi connectivity index (χ3n) is 3.61. The highest BCUT2D eigenvalue weighted by molar-refractivity contribution is 5.43. The first-order chi connectivity index (χ1) is 8.07. The van der Waals surface area contributed by atoms with E-state index in [0.29, 0.717) is 5.65 Å². The second-order valence-corrected chi connectivity index (χ2v) is 5.01. The summed E-state index contributed by atoms with van der Waals surface area (Å²) in [4.78, 5) is 0. The third-order valence-corrected chi connectivity index (χ3v) is 3.61. The number of hydrogen-bond donors (Lipinski definition) is 2. The first-order valence-corrected chi connectivity index (χ1v) is 5.57. The predicted octanol–water partition coefficient (Wildman–Crippen LogP) is 0.0906. The van der Waals surface area contributed by atoms with E-state index < -0.39 is 0 Å². The molecule has 2 atom stereocenters. The molecule has 0 spiro atoms. The molecular formula is C10H14N6O. The molecule has 2 unspecified atom stereocenters. The molecule has 7 heteroatoms. The molecule has 1 aliphatic rings. The normalized spacial score (nSPS) is 26.8. The summed E-state index contributed by atoms with van der Waals surface area (Å²) in [5, 5.41) is 28.2. The average Bonchev–Trinajstić information content (AvgIpc) is 2.76. The van der Waals surface area contributed by atoms with Crippen molar-refractivity contribution in [1.29, 1.82) is 0 Å². The summed E-state index contributed by atoms with van der Waals surface area (Å²) >= 11 is 0. The zero-order valence-corrected chi connectivity index (χ0v) is 9.70. The molecule has 0 saturated heterocycles. The van der Waals surface area contributed by atoms with Crippen LogP contribution in [0.5, 0.6) is 0 Å². The van der Waals surface area contributed by atoms with Crippen LogP contribution < -0.4 is 5.32 Å². The van der Waals surface area contributed by atoms with Crippen LogP contribution in [0.15, 0.2) is 12.1 Å². The smallest absolute Gasteiger partial charge is 0.200 e. The Labute approximate surface area is 97.8 Å². The topological polar surface area (TPSA) is 88.2 Å². The minimum absolute atomic E-state index is 0.128. The van der Waals surface area contributed by atoms with Crippen molar-refractivity contribution in [3.63, 3.8) is 0 Å². The Morgan fingerprint density at radius 2 is 2.29 bits per heavy atom. The van der Waals surface area contributed by atoms with Gasteiger partial charge < -0.3 is 10.4 Å². The van der Waals surface area contributed by atoms with Crippen molar-refractivity contribution in [3.8, 4) is 0 Å². The van der Waals surface area contributed by atoms with E-state index in [0.717, 1.165) is 12.2 Å². The van der Waals surface area contributed by atoms with Crippen LogP contribution in [0.3, 0.4) is 0 Å². The van der Waals surface area contributed by atoms with Crippen LogP contribution in [0.1, 0.15) is 20.3 Å². The maximum absolute atomic E-state index is 9.66. The molecule has 2 aromatic rings. The van der Waals surface area contributed by atoms with Gasteiger partial charge in [-0.1, -0.05) is 13.8 Å². The fourth-order valence-electron chi connectivity index (χ4n) is 2.05. The molecule has 7 nitrogen and oxygen atoms in total.